The van der Waals surface area contributed by atoms with Crippen LogP contribution in [-0.2, 0) is 0 Å². The van der Waals surface area contributed by atoms with E-state index in [-0.39, 0.29) is 6.04 Å². The van der Waals surface area contributed by atoms with Crippen molar-refractivity contribution < 1.29 is 0 Å². The van der Waals surface area contributed by atoms with Crippen LogP contribution in [0.3, 0.4) is 0 Å². The predicted molar refractivity (Wildman–Crippen MR) is 53.1 cm³/mol. The van der Waals surface area contributed by atoms with Gasteiger partial charge in [0.1, 0.15) is 0 Å². The van der Waals surface area contributed by atoms with Gasteiger partial charge in [-0.2, -0.15) is 5.26 Å². The van der Waals surface area contributed by atoms with Crippen LogP contribution in [0.2, 0.25) is 0 Å². The van der Waals surface area contributed by atoms with Gasteiger partial charge in [0.05, 0.1) is 12.5 Å². The van der Waals surface area contributed by atoms with Crippen LogP contribution in [0.15, 0.2) is 18.2 Å². The number of rotatable bonds is 2. The second kappa shape index (κ2) is 4.06. The Morgan fingerprint density at radius 2 is 2.15 bits per heavy atom. The van der Waals surface area contributed by atoms with Crippen molar-refractivity contribution in [3.63, 3.8) is 0 Å². The molecule has 2 heteroatoms. The van der Waals surface area contributed by atoms with Crippen LogP contribution in [-0.4, -0.2) is 0 Å². The third-order valence-electron chi connectivity index (χ3n) is 2.14. The molecular formula is C11H14N2. The number of benzene rings is 1. The summed E-state index contributed by atoms with van der Waals surface area (Å²) in [5.41, 5.74) is 9.31. The summed E-state index contributed by atoms with van der Waals surface area (Å²) in [6.07, 6.45) is 0.379. The van der Waals surface area contributed by atoms with E-state index in [9.17, 15) is 0 Å². The second-order valence-corrected chi connectivity index (χ2v) is 3.33. The molecule has 1 aromatic carbocycles. The molecule has 0 amide bonds. The van der Waals surface area contributed by atoms with Crippen molar-refractivity contribution in [2.45, 2.75) is 26.3 Å². The molecule has 0 spiro atoms. The lowest BCUT2D eigenvalue weighted by Crippen LogP contribution is -2.10. The third kappa shape index (κ3) is 2.30. The number of aryl methyl sites for hydroxylation is 2. The minimum absolute atomic E-state index is 0.148. The summed E-state index contributed by atoms with van der Waals surface area (Å²) < 4.78 is 0. The van der Waals surface area contributed by atoms with E-state index in [4.69, 9.17) is 11.0 Å². The van der Waals surface area contributed by atoms with Crippen LogP contribution in [0, 0.1) is 25.2 Å². The van der Waals surface area contributed by atoms with Crippen LogP contribution in [0.25, 0.3) is 0 Å². The second-order valence-electron chi connectivity index (χ2n) is 3.33. The maximum absolute atomic E-state index is 8.51. The number of nitrogens with two attached hydrogens (primary N) is 1. The third-order valence-corrected chi connectivity index (χ3v) is 2.14. The minimum Gasteiger partial charge on any atom is -0.323 e. The lowest BCUT2D eigenvalue weighted by molar-refractivity contribution is 0.742. The molecule has 13 heavy (non-hydrogen) atoms. The molecule has 1 unspecified atom stereocenters. The van der Waals surface area contributed by atoms with E-state index in [1.807, 2.05) is 26.0 Å². The maximum atomic E-state index is 8.51. The Labute approximate surface area is 79.0 Å². The zero-order chi connectivity index (χ0) is 9.84. The van der Waals surface area contributed by atoms with Gasteiger partial charge in [-0.1, -0.05) is 23.8 Å². The van der Waals surface area contributed by atoms with Gasteiger partial charge < -0.3 is 5.73 Å². The van der Waals surface area contributed by atoms with Gasteiger partial charge in [0.2, 0.25) is 0 Å². The fourth-order valence-corrected chi connectivity index (χ4v) is 1.45. The van der Waals surface area contributed by atoms with E-state index >= 15 is 0 Å². The molecule has 0 saturated heterocycles. The smallest absolute Gasteiger partial charge is 0.0641 e. The molecule has 1 atom stereocenters. The number of nitrogens with zero attached hydrogens (tertiary/aromatic N) is 1. The number of hydrogen-bond donors (Lipinski definition) is 1. The highest BCUT2D eigenvalue weighted by atomic mass is 14.6. The molecule has 0 saturated carbocycles. The van der Waals surface area contributed by atoms with Crippen molar-refractivity contribution in [1.82, 2.24) is 0 Å². The Hall–Kier alpha value is -1.33. The number of nitriles is 1. The monoisotopic (exact) mass is 174 g/mol. The van der Waals surface area contributed by atoms with Gasteiger partial charge in [-0.25, -0.2) is 0 Å². The Morgan fingerprint density at radius 3 is 2.69 bits per heavy atom. The highest BCUT2D eigenvalue weighted by Gasteiger charge is 2.07. The average Bonchev–Trinajstić information content (AvgIpc) is 2.04. The lowest BCUT2D eigenvalue weighted by atomic mass is 9.98. The fourth-order valence-electron chi connectivity index (χ4n) is 1.45. The maximum Gasteiger partial charge on any atom is 0.0641 e. The van der Waals surface area contributed by atoms with Gasteiger partial charge >= 0.3 is 0 Å². The zero-order valence-electron chi connectivity index (χ0n) is 8.04. The van der Waals surface area contributed by atoms with E-state index in [1.165, 1.54) is 11.1 Å². The molecule has 2 N–H and O–H groups in total. The SMILES string of the molecule is Cc1ccc(C(N)CC#N)c(C)c1. The van der Waals surface area contributed by atoms with Crippen molar-refractivity contribution in [1.29, 1.82) is 5.26 Å². The molecular weight excluding hydrogens is 160 g/mol. The summed E-state index contributed by atoms with van der Waals surface area (Å²) in [4.78, 5) is 0. The summed E-state index contributed by atoms with van der Waals surface area (Å²) in [5.74, 6) is 0. The van der Waals surface area contributed by atoms with Crippen LogP contribution in [0.1, 0.15) is 29.2 Å². The standard InChI is InChI=1S/C11H14N2/c1-8-3-4-10(9(2)7-8)11(13)5-6-12/h3-4,7,11H,5,13H2,1-2H3. The first kappa shape index (κ1) is 9.76. The molecule has 0 fully saturated rings. The normalized spacial score (nSPS) is 12.2. The predicted octanol–water partition coefficient (Wildman–Crippen LogP) is 2.22. The average molecular weight is 174 g/mol. The molecule has 2 nitrogen and oxygen atoms in total. The first-order chi connectivity index (χ1) is 6.15. The highest BCUT2D eigenvalue weighted by Crippen LogP contribution is 2.18. The first-order valence-electron chi connectivity index (χ1n) is 4.35. The van der Waals surface area contributed by atoms with E-state index < -0.39 is 0 Å². The Morgan fingerprint density at radius 1 is 1.46 bits per heavy atom. The van der Waals surface area contributed by atoms with Gasteiger partial charge in [0.15, 0.2) is 0 Å². The van der Waals surface area contributed by atoms with Crippen LogP contribution in [0.5, 0.6) is 0 Å². The highest BCUT2D eigenvalue weighted by molar-refractivity contribution is 5.32. The zero-order valence-corrected chi connectivity index (χ0v) is 8.04. The van der Waals surface area contributed by atoms with E-state index in [1.54, 1.807) is 0 Å². The Balaban J connectivity index is 2.96. The van der Waals surface area contributed by atoms with Crippen molar-refractivity contribution in [3.05, 3.63) is 34.9 Å². The molecule has 0 aliphatic rings. The molecule has 0 heterocycles. The van der Waals surface area contributed by atoms with E-state index in [0.717, 1.165) is 5.56 Å². The minimum atomic E-state index is -0.148. The van der Waals surface area contributed by atoms with Crippen molar-refractivity contribution in [3.8, 4) is 6.07 Å². The quantitative estimate of drug-likeness (QED) is 0.747. The molecule has 1 rings (SSSR count). The fraction of sp³-hybridized carbons (Fsp3) is 0.364. The topological polar surface area (TPSA) is 49.8 Å². The largest absolute Gasteiger partial charge is 0.323 e. The first-order valence-corrected chi connectivity index (χ1v) is 4.35. The summed E-state index contributed by atoms with van der Waals surface area (Å²) in [6, 6.07) is 8.06. The molecule has 0 radical (unpaired) electrons. The summed E-state index contributed by atoms with van der Waals surface area (Å²) in [7, 11) is 0. The van der Waals surface area contributed by atoms with Crippen molar-refractivity contribution in [2.24, 2.45) is 5.73 Å². The molecule has 0 aliphatic heterocycles. The van der Waals surface area contributed by atoms with Gasteiger partial charge in [-0.05, 0) is 25.0 Å². The van der Waals surface area contributed by atoms with Gasteiger partial charge in [0.25, 0.3) is 0 Å². The summed E-state index contributed by atoms with van der Waals surface area (Å²) in [5, 5.41) is 8.51. The lowest BCUT2D eigenvalue weighted by Gasteiger charge is -2.11. The van der Waals surface area contributed by atoms with Gasteiger partial charge in [0, 0.05) is 6.04 Å². The van der Waals surface area contributed by atoms with Crippen molar-refractivity contribution in [2.75, 3.05) is 0 Å². The Kier molecular flexibility index (Phi) is 3.05. The molecule has 0 aromatic heterocycles. The van der Waals surface area contributed by atoms with Crippen LogP contribution < -0.4 is 5.73 Å². The number of hydrogen-bond acceptors (Lipinski definition) is 2. The Bertz CT molecular complexity index is 336. The molecule has 1 aromatic rings. The van der Waals surface area contributed by atoms with Gasteiger partial charge in [-0.15, -0.1) is 0 Å². The van der Waals surface area contributed by atoms with E-state index in [0.29, 0.717) is 6.42 Å². The van der Waals surface area contributed by atoms with Crippen LogP contribution >= 0.6 is 0 Å². The summed E-state index contributed by atoms with van der Waals surface area (Å²) >= 11 is 0. The molecule has 0 bridgehead atoms. The van der Waals surface area contributed by atoms with E-state index in [2.05, 4.69) is 12.1 Å². The van der Waals surface area contributed by atoms with Crippen LogP contribution in [0.4, 0.5) is 0 Å². The molecule has 0 aliphatic carbocycles. The van der Waals surface area contributed by atoms with Crippen molar-refractivity contribution >= 4 is 0 Å². The summed E-state index contributed by atoms with van der Waals surface area (Å²) in [6.45, 7) is 4.08. The van der Waals surface area contributed by atoms with Gasteiger partial charge in [-0.3, -0.25) is 0 Å². The molecule has 68 valence electrons.